The average Bonchev–Trinajstić information content (AvgIpc) is 3.63. The number of hydrogen-bond donors (Lipinski definition) is 7. The number of phosphoric acid groups is 2. The number of carbonyl (C=O) groups is 2. The predicted molar refractivity (Wildman–Crippen MR) is 282 cm³/mol. The third-order valence-electron chi connectivity index (χ3n) is 11.5. The molecule has 8 N–H and O–H groups in total. The lowest BCUT2D eigenvalue weighted by Gasteiger charge is -2.22. The van der Waals surface area contributed by atoms with Crippen LogP contribution in [0.15, 0.2) is 90.0 Å². The number of aromatic nitrogens is 2. The van der Waals surface area contributed by atoms with Gasteiger partial charge in [0.1, 0.15) is 30.7 Å². The molecule has 0 bridgehead atoms. The molecule has 1 aromatic heterocycles. The molecule has 74 heavy (non-hydrogen) atoms. The summed E-state index contributed by atoms with van der Waals surface area (Å²) in [6.07, 6.45) is 32.7. The van der Waals surface area contributed by atoms with E-state index < -0.39 is 95.9 Å². The molecule has 0 aromatic carbocycles. The van der Waals surface area contributed by atoms with E-state index in [9.17, 15) is 53.7 Å². The summed E-state index contributed by atoms with van der Waals surface area (Å²) in [5.74, 6) is -1.63. The number of rotatable bonds is 42. The maximum absolute atomic E-state index is 12.9. The molecule has 2 heterocycles. The van der Waals surface area contributed by atoms with E-state index in [4.69, 9.17) is 29.0 Å². The van der Waals surface area contributed by atoms with Crippen molar-refractivity contribution in [3.05, 3.63) is 95.7 Å². The summed E-state index contributed by atoms with van der Waals surface area (Å²) in [5.41, 5.74) is 4.56. The van der Waals surface area contributed by atoms with Crippen LogP contribution in [-0.2, 0) is 46.3 Å². The van der Waals surface area contributed by atoms with Gasteiger partial charge in [-0.25, -0.2) is 13.9 Å². The van der Waals surface area contributed by atoms with Gasteiger partial charge in [-0.15, -0.1) is 0 Å². The quantitative estimate of drug-likeness (QED) is 0.0139. The maximum atomic E-state index is 12.9. The Labute approximate surface area is 437 Å². The number of nitrogens with two attached hydrogens (primary N) is 1. The van der Waals surface area contributed by atoms with Gasteiger partial charge in [0.25, 0.3) is 0 Å². The topological polar surface area (TPSA) is 306 Å². The molecule has 4 unspecified atom stereocenters. The van der Waals surface area contributed by atoms with E-state index in [1.807, 2.05) is 12.2 Å². The van der Waals surface area contributed by atoms with Crippen LogP contribution >= 0.6 is 15.6 Å². The molecule has 20 nitrogen and oxygen atoms in total. The highest BCUT2D eigenvalue weighted by atomic mass is 31.3. The highest BCUT2D eigenvalue weighted by molar-refractivity contribution is 7.61. The summed E-state index contributed by atoms with van der Waals surface area (Å²) in [7, 11) is -11.0. The summed E-state index contributed by atoms with van der Waals surface area (Å²) in [4.78, 5) is 62.0. The molecule has 9 atom stereocenters. The van der Waals surface area contributed by atoms with Crippen molar-refractivity contribution >= 4 is 33.4 Å². The molecule has 2 rings (SSSR count). The normalized spacial score (nSPS) is 20.3. The Morgan fingerprint density at radius 3 is 1.81 bits per heavy atom. The number of ether oxygens (including phenoxy) is 3. The van der Waals surface area contributed by atoms with Crippen molar-refractivity contribution in [1.82, 2.24) is 9.55 Å². The fourth-order valence-corrected chi connectivity index (χ4v) is 9.36. The standard InChI is InChI=1S/C52H85N3O17P2/c1-3-5-7-9-11-13-15-17-18-19-20-21-23-25-27-29-31-35-47(58)67-39-42(70-48(59)36-32-34-44(57)43(56)33-30-28-26-24-22-16-14-12-10-8-6-4-2)40-68-73(63,64)72-74(65,66)69-41-45-49(60)50(61)51(71-45)55-38-37-46(53)54-52(55)62/h11-14,17-18,20-22,24,28,30,37-38,42-45,49-51,56-57,60-61H,3-10,15-16,19,23,25-27,29,31-36,39-41H2,1-2H3,(H,63,64)(H,65,66)(H2,53,54,62)/b13-11-,14-12-,18-17-,21-20-,24-22-,30-28-/t42-,43?,44?,45-,49-,50-,51-/m1/s1. The van der Waals surface area contributed by atoms with Gasteiger partial charge in [-0.05, 0) is 96.0 Å². The van der Waals surface area contributed by atoms with Gasteiger partial charge < -0.3 is 50.2 Å². The molecular formula is C52H85N3O17P2. The van der Waals surface area contributed by atoms with E-state index in [1.165, 1.54) is 44.6 Å². The Morgan fingerprint density at radius 2 is 1.23 bits per heavy atom. The molecule has 0 saturated carbocycles. The molecule has 1 aliphatic heterocycles. The van der Waals surface area contributed by atoms with Crippen LogP contribution < -0.4 is 11.4 Å². The lowest BCUT2D eigenvalue weighted by Crippen LogP contribution is -2.36. The summed E-state index contributed by atoms with van der Waals surface area (Å²) >= 11 is 0. The number of anilines is 1. The van der Waals surface area contributed by atoms with Crippen molar-refractivity contribution in [3.63, 3.8) is 0 Å². The molecule has 22 heteroatoms. The summed E-state index contributed by atoms with van der Waals surface area (Å²) in [6, 6.07) is 1.23. The number of phosphoric ester groups is 2. The van der Waals surface area contributed by atoms with Gasteiger partial charge in [0.15, 0.2) is 12.3 Å². The van der Waals surface area contributed by atoms with Crippen LogP contribution in [0.25, 0.3) is 0 Å². The van der Waals surface area contributed by atoms with Gasteiger partial charge in [0.05, 0.1) is 25.4 Å². The second-order valence-corrected chi connectivity index (χ2v) is 21.0. The van der Waals surface area contributed by atoms with Gasteiger partial charge in [0, 0.05) is 19.0 Å². The second kappa shape index (κ2) is 39.5. The van der Waals surface area contributed by atoms with Crippen molar-refractivity contribution < 1.29 is 76.5 Å². The number of esters is 2. The Kier molecular flexibility index (Phi) is 35.3. The van der Waals surface area contributed by atoms with Crippen LogP contribution in [0.1, 0.15) is 161 Å². The minimum absolute atomic E-state index is 0.0286. The Morgan fingerprint density at radius 1 is 0.703 bits per heavy atom. The largest absolute Gasteiger partial charge is 0.481 e. The van der Waals surface area contributed by atoms with E-state index in [0.717, 1.165) is 68.6 Å². The molecule has 1 saturated heterocycles. The maximum Gasteiger partial charge on any atom is 0.481 e. The lowest BCUT2D eigenvalue weighted by molar-refractivity contribution is -0.161. The highest BCUT2D eigenvalue weighted by Crippen LogP contribution is 2.60. The van der Waals surface area contributed by atoms with Crippen molar-refractivity contribution in [2.75, 3.05) is 25.6 Å². The van der Waals surface area contributed by atoms with Crippen LogP contribution in [-0.4, -0.2) is 108 Å². The minimum Gasteiger partial charge on any atom is -0.462 e. The molecule has 1 fully saturated rings. The molecular weight excluding hydrogens is 1000 g/mol. The third-order valence-corrected chi connectivity index (χ3v) is 14.1. The second-order valence-electron chi connectivity index (χ2n) is 18.0. The van der Waals surface area contributed by atoms with E-state index in [2.05, 4.69) is 77.8 Å². The van der Waals surface area contributed by atoms with Gasteiger partial charge in [-0.1, -0.05) is 125 Å². The van der Waals surface area contributed by atoms with E-state index in [0.29, 0.717) is 12.8 Å². The van der Waals surface area contributed by atoms with Crippen LogP contribution in [0.2, 0.25) is 0 Å². The molecule has 0 aliphatic carbocycles. The van der Waals surface area contributed by atoms with Gasteiger partial charge in [0.2, 0.25) is 0 Å². The van der Waals surface area contributed by atoms with Crippen LogP contribution in [0.3, 0.4) is 0 Å². The zero-order chi connectivity index (χ0) is 54.5. The fourth-order valence-electron chi connectivity index (χ4n) is 7.25. The Hall–Kier alpha value is -3.88. The number of nitrogen functional groups attached to an aromatic ring is 1. The van der Waals surface area contributed by atoms with E-state index in [-0.39, 0.29) is 37.9 Å². The monoisotopic (exact) mass is 1090 g/mol. The summed E-state index contributed by atoms with van der Waals surface area (Å²) in [5, 5.41) is 41.9. The van der Waals surface area contributed by atoms with E-state index >= 15 is 0 Å². The van der Waals surface area contributed by atoms with Gasteiger partial charge in [-0.3, -0.25) is 23.2 Å². The summed E-state index contributed by atoms with van der Waals surface area (Å²) in [6.45, 7) is 1.79. The Bertz CT molecular complexity index is 2060. The smallest absolute Gasteiger partial charge is 0.462 e. The van der Waals surface area contributed by atoms with Crippen LogP contribution in [0.4, 0.5) is 5.82 Å². The lowest BCUT2D eigenvalue weighted by atomic mass is 10.0. The number of carbonyl (C=O) groups excluding carboxylic acids is 2. The number of unbranched alkanes of at least 4 members (excludes halogenated alkanes) is 10. The molecule has 1 aliphatic rings. The van der Waals surface area contributed by atoms with Crippen LogP contribution in [0.5, 0.6) is 0 Å². The number of aliphatic hydroxyl groups excluding tert-OH is 4. The first-order valence-electron chi connectivity index (χ1n) is 26.1. The number of nitrogens with zero attached hydrogens (tertiary/aromatic N) is 2. The SMILES string of the molecule is CCCCC/C=C\C/C=C\C/C=C\CCCCCCC(=O)OC[C@H](COP(=O)(O)OP(=O)(O)OC[C@H]1O[C@@H](n2ccc(N)nc2=O)[C@H](O)[C@@H]1O)OC(=O)CCCC(O)C(O)C/C=C\C/C=C\C/C=C\CCCCC. The van der Waals surface area contributed by atoms with E-state index in [1.54, 1.807) is 6.08 Å². The molecule has 0 radical (unpaired) electrons. The molecule has 420 valence electrons. The van der Waals surface area contributed by atoms with Gasteiger partial charge in [-0.2, -0.15) is 9.29 Å². The van der Waals surface area contributed by atoms with Crippen molar-refractivity contribution in [1.29, 1.82) is 0 Å². The molecule has 0 spiro atoms. The van der Waals surface area contributed by atoms with Gasteiger partial charge >= 0.3 is 33.3 Å². The number of aliphatic hydroxyl groups is 4. The first kappa shape index (κ1) is 66.2. The predicted octanol–water partition coefficient (Wildman–Crippen LogP) is 8.83. The van der Waals surface area contributed by atoms with Crippen LogP contribution in [0, 0.1) is 0 Å². The number of hydrogen-bond acceptors (Lipinski definition) is 17. The highest BCUT2D eigenvalue weighted by Gasteiger charge is 2.46. The minimum atomic E-state index is -5.51. The van der Waals surface area contributed by atoms with Crippen molar-refractivity contribution in [2.24, 2.45) is 0 Å². The van der Waals surface area contributed by atoms with Crippen molar-refractivity contribution in [3.8, 4) is 0 Å². The average molecular weight is 1090 g/mol. The first-order valence-corrected chi connectivity index (χ1v) is 29.1. The van der Waals surface area contributed by atoms with Crippen molar-refractivity contribution in [2.45, 2.75) is 198 Å². The summed E-state index contributed by atoms with van der Waals surface area (Å²) < 4.78 is 56.6. The zero-order valence-corrected chi connectivity index (χ0v) is 45.1. The molecule has 1 aromatic rings. The Balaban J connectivity index is 1.88. The zero-order valence-electron chi connectivity index (χ0n) is 43.3. The molecule has 0 amide bonds. The first-order chi connectivity index (χ1) is 35.5. The number of allylic oxidation sites excluding steroid dienone is 11. The fraction of sp³-hybridized carbons (Fsp3) is 0.654. The third kappa shape index (κ3) is 31.2.